The van der Waals surface area contributed by atoms with Crippen LogP contribution < -0.4 is 0 Å². The van der Waals surface area contributed by atoms with Gasteiger partial charge in [0, 0.05) is 35.5 Å². The third-order valence-corrected chi connectivity index (χ3v) is 8.75. The number of carbonyl (C=O) groups excluding carboxylic acids is 1. The van der Waals surface area contributed by atoms with Crippen LogP contribution in [0.5, 0.6) is 5.75 Å². The van der Waals surface area contributed by atoms with Gasteiger partial charge in [0.15, 0.2) is 0 Å². The van der Waals surface area contributed by atoms with Crippen LogP contribution in [0.15, 0.2) is 78.4 Å². The highest BCUT2D eigenvalue weighted by molar-refractivity contribution is 6.01. The second kappa shape index (κ2) is 9.47. The average molecular weight is 548 g/mol. The standard InChI is InChI=1S/C34H33N3O4/c1-20-17-26-27(18-28(20)38)36-30(35-26)23-7-5-6-8-24(23)31(39)37-16-14-29-33(2,3)25(13-15-34(29,4)19-37)21-9-11-22(12-10-21)32(40)41/h5-14,17-18,38H,15-16,19H2,1-4H3,(H,35,36)(H,40,41)/t34-/m1/s1. The van der Waals surface area contributed by atoms with E-state index in [1.807, 2.05) is 54.3 Å². The van der Waals surface area contributed by atoms with E-state index in [9.17, 15) is 19.8 Å². The van der Waals surface area contributed by atoms with Gasteiger partial charge in [0.25, 0.3) is 5.91 Å². The van der Waals surface area contributed by atoms with Gasteiger partial charge in [-0.15, -0.1) is 0 Å². The zero-order valence-corrected chi connectivity index (χ0v) is 23.7. The summed E-state index contributed by atoms with van der Waals surface area (Å²) >= 11 is 0. The molecule has 0 saturated carbocycles. The highest BCUT2D eigenvalue weighted by Crippen LogP contribution is 2.55. The van der Waals surface area contributed by atoms with Crippen LogP contribution in [-0.4, -0.2) is 50.0 Å². The topological polar surface area (TPSA) is 107 Å². The Hall–Kier alpha value is -4.65. The lowest BCUT2D eigenvalue weighted by Crippen LogP contribution is -2.48. The van der Waals surface area contributed by atoms with Crippen LogP contribution in [0.1, 0.15) is 59.0 Å². The van der Waals surface area contributed by atoms with Gasteiger partial charge in [-0.1, -0.05) is 68.8 Å². The molecule has 1 aliphatic carbocycles. The highest BCUT2D eigenvalue weighted by Gasteiger charge is 2.46. The fourth-order valence-corrected chi connectivity index (χ4v) is 6.68. The molecule has 7 heteroatoms. The molecule has 4 aromatic rings. The van der Waals surface area contributed by atoms with Gasteiger partial charge in [-0.2, -0.15) is 0 Å². The number of carboxylic acids is 1. The predicted octanol–water partition coefficient (Wildman–Crippen LogP) is 6.84. The third-order valence-electron chi connectivity index (χ3n) is 8.75. The molecule has 3 N–H and O–H groups in total. The molecule has 0 bridgehead atoms. The van der Waals surface area contributed by atoms with E-state index in [0.717, 1.165) is 28.6 Å². The summed E-state index contributed by atoms with van der Waals surface area (Å²) in [6.07, 6.45) is 5.23. The van der Waals surface area contributed by atoms with Crippen molar-refractivity contribution in [2.24, 2.45) is 10.8 Å². The van der Waals surface area contributed by atoms with Crippen LogP contribution in [0.2, 0.25) is 0 Å². The van der Waals surface area contributed by atoms with Crippen LogP contribution in [0, 0.1) is 17.8 Å². The molecule has 2 aliphatic rings. The van der Waals surface area contributed by atoms with Crippen molar-refractivity contribution in [3.8, 4) is 17.1 Å². The number of nitrogens with one attached hydrogen (secondary N) is 1. The smallest absolute Gasteiger partial charge is 0.335 e. The lowest BCUT2D eigenvalue weighted by molar-refractivity contribution is 0.0679. The Labute approximate surface area is 238 Å². The van der Waals surface area contributed by atoms with Crippen molar-refractivity contribution in [2.45, 2.75) is 34.1 Å². The van der Waals surface area contributed by atoms with Gasteiger partial charge >= 0.3 is 5.97 Å². The number of amides is 1. The zero-order valence-electron chi connectivity index (χ0n) is 23.7. The Morgan fingerprint density at radius 3 is 2.46 bits per heavy atom. The van der Waals surface area contributed by atoms with Gasteiger partial charge < -0.3 is 20.1 Å². The average Bonchev–Trinajstić information content (AvgIpc) is 3.34. The number of allylic oxidation sites excluding steroid dienone is 2. The van der Waals surface area contributed by atoms with E-state index in [4.69, 9.17) is 0 Å². The molecule has 6 rings (SSSR count). The summed E-state index contributed by atoms with van der Waals surface area (Å²) in [4.78, 5) is 35.3. The van der Waals surface area contributed by atoms with E-state index in [-0.39, 0.29) is 28.1 Å². The molecular weight excluding hydrogens is 514 g/mol. The summed E-state index contributed by atoms with van der Waals surface area (Å²) < 4.78 is 0. The summed E-state index contributed by atoms with van der Waals surface area (Å²) in [5, 5.41) is 19.4. The molecule has 1 aromatic heterocycles. The first-order valence-corrected chi connectivity index (χ1v) is 13.8. The van der Waals surface area contributed by atoms with Gasteiger partial charge in [0.05, 0.1) is 22.2 Å². The van der Waals surface area contributed by atoms with E-state index in [1.165, 1.54) is 11.1 Å². The maximum atomic E-state index is 14.0. The number of carboxylic acid groups (broad SMARTS) is 1. The monoisotopic (exact) mass is 547 g/mol. The predicted molar refractivity (Wildman–Crippen MR) is 160 cm³/mol. The van der Waals surface area contributed by atoms with Gasteiger partial charge in [-0.3, -0.25) is 4.79 Å². The minimum absolute atomic E-state index is 0.0477. The zero-order chi connectivity index (χ0) is 29.1. The molecule has 41 heavy (non-hydrogen) atoms. The first-order valence-electron chi connectivity index (χ1n) is 13.8. The fraction of sp³-hybridized carbons (Fsp3) is 0.265. The lowest BCUT2D eigenvalue weighted by atomic mass is 9.58. The van der Waals surface area contributed by atoms with Crippen LogP contribution in [-0.2, 0) is 0 Å². The number of fused-ring (bicyclic) bond motifs is 2. The SMILES string of the molecule is Cc1cc2[nH]c(-c3ccccc3C(=O)N3CC=C4C(C)(C)C(c5ccc(C(=O)O)cc5)=CC[C@]4(C)C3)nc2cc1O. The molecule has 0 spiro atoms. The highest BCUT2D eigenvalue weighted by atomic mass is 16.4. The Kier molecular flexibility index (Phi) is 6.14. The number of carbonyl (C=O) groups is 2. The normalized spacial score (nSPS) is 19.9. The maximum Gasteiger partial charge on any atom is 0.335 e. The molecule has 0 radical (unpaired) electrons. The van der Waals surface area contributed by atoms with E-state index in [0.29, 0.717) is 30.0 Å². The van der Waals surface area contributed by atoms with Crippen molar-refractivity contribution in [3.63, 3.8) is 0 Å². The van der Waals surface area contributed by atoms with Crippen LogP contribution in [0.3, 0.4) is 0 Å². The van der Waals surface area contributed by atoms with Crippen LogP contribution >= 0.6 is 0 Å². The maximum absolute atomic E-state index is 14.0. The molecular formula is C34H33N3O4. The van der Waals surface area contributed by atoms with Gasteiger partial charge in [0.2, 0.25) is 0 Å². The second-order valence-corrected chi connectivity index (χ2v) is 12.0. The molecule has 1 amide bonds. The first kappa shape index (κ1) is 26.6. The van der Waals surface area contributed by atoms with Gasteiger partial charge in [0.1, 0.15) is 11.6 Å². The number of hydrogen-bond donors (Lipinski definition) is 3. The van der Waals surface area contributed by atoms with Crippen molar-refractivity contribution >= 4 is 28.5 Å². The minimum Gasteiger partial charge on any atom is -0.508 e. The van der Waals surface area contributed by atoms with Crippen molar-refractivity contribution in [1.82, 2.24) is 14.9 Å². The first-order chi connectivity index (χ1) is 19.5. The van der Waals surface area contributed by atoms with Gasteiger partial charge in [-0.25, -0.2) is 9.78 Å². The number of H-pyrrole nitrogens is 1. The van der Waals surface area contributed by atoms with Crippen molar-refractivity contribution in [1.29, 1.82) is 0 Å². The number of aryl methyl sites for hydroxylation is 1. The number of rotatable bonds is 4. The molecule has 7 nitrogen and oxygen atoms in total. The Balaban J connectivity index is 1.30. The minimum atomic E-state index is -0.933. The largest absolute Gasteiger partial charge is 0.508 e. The third kappa shape index (κ3) is 4.42. The molecule has 2 heterocycles. The van der Waals surface area contributed by atoms with Gasteiger partial charge in [-0.05, 0) is 54.3 Å². The quantitative estimate of drug-likeness (QED) is 0.243. The number of aromatic nitrogens is 2. The number of aromatic hydroxyl groups is 1. The summed E-state index contributed by atoms with van der Waals surface area (Å²) in [5.74, 6) is -0.201. The van der Waals surface area contributed by atoms with E-state index in [2.05, 4.69) is 42.9 Å². The summed E-state index contributed by atoms with van der Waals surface area (Å²) in [7, 11) is 0. The molecule has 0 fully saturated rings. The molecule has 3 aromatic carbocycles. The molecule has 1 atom stereocenters. The lowest BCUT2D eigenvalue weighted by Gasteiger charge is -2.50. The summed E-state index contributed by atoms with van der Waals surface area (Å²) in [6, 6.07) is 18.1. The van der Waals surface area contributed by atoms with Crippen LogP contribution in [0.25, 0.3) is 28.0 Å². The van der Waals surface area contributed by atoms with Crippen LogP contribution in [0.4, 0.5) is 0 Å². The molecule has 0 saturated heterocycles. The number of benzene rings is 3. The summed E-state index contributed by atoms with van der Waals surface area (Å²) in [5.41, 5.74) is 6.77. The second-order valence-electron chi connectivity index (χ2n) is 12.0. The Bertz CT molecular complexity index is 1740. The molecule has 0 unspecified atom stereocenters. The fourth-order valence-electron chi connectivity index (χ4n) is 6.68. The number of imidazole rings is 1. The van der Waals surface area contributed by atoms with Crippen molar-refractivity contribution < 1.29 is 19.8 Å². The Morgan fingerprint density at radius 1 is 1.00 bits per heavy atom. The number of phenolic OH excluding ortho intramolecular Hbond substituents is 1. The van der Waals surface area contributed by atoms with Crippen molar-refractivity contribution in [2.75, 3.05) is 13.1 Å². The van der Waals surface area contributed by atoms with Crippen molar-refractivity contribution in [3.05, 3.63) is 101 Å². The van der Waals surface area contributed by atoms with E-state index < -0.39 is 5.97 Å². The Morgan fingerprint density at radius 2 is 1.73 bits per heavy atom. The van der Waals surface area contributed by atoms with E-state index >= 15 is 0 Å². The number of nitrogens with zero attached hydrogens (tertiary/aromatic N) is 2. The number of phenols is 1. The molecule has 208 valence electrons. The molecule has 1 aliphatic heterocycles. The number of aromatic carboxylic acids is 1. The number of aromatic amines is 1. The van der Waals surface area contributed by atoms with E-state index in [1.54, 1.807) is 18.2 Å². The number of hydrogen-bond acceptors (Lipinski definition) is 4. The summed E-state index contributed by atoms with van der Waals surface area (Å²) in [6.45, 7) is 9.57.